The van der Waals surface area contributed by atoms with E-state index in [1.807, 2.05) is 32.0 Å². The van der Waals surface area contributed by atoms with Crippen LogP contribution in [0.25, 0.3) is 10.8 Å². The Bertz CT molecular complexity index is 655. The molecule has 112 valence electrons. The molecule has 0 atom stereocenters. The Morgan fingerprint density at radius 1 is 1.24 bits per heavy atom. The quantitative estimate of drug-likeness (QED) is 0.905. The summed E-state index contributed by atoms with van der Waals surface area (Å²) in [5.74, 6) is 2.33. The van der Waals surface area contributed by atoms with Crippen molar-refractivity contribution < 1.29 is 14.6 Å². The molecule has 1 aliphatic rings. The molecule has 0 unspecified atom stereocenters. The molecule has 0 saturated heterocycles. The maximum atomic E-state index is 9.15. The molecule has 1 aliphatic heterocycles. The van der Waals surface area contributed by atoms with Crippen molar-refractivity contribution in [3.63, 3.8) is 0 Å². The summed E-state index contributed by atoms with van der Waals surface area (Å²) in [5, 5.41) is 14.6. The predicted octanol–water partition coefficient (Wildman–Crippen LogP) is 2.58. The van der Waals surface area contributed by atoms with E-state index in [2.05, 4.69) is 10.3 Å². The first kappa shape index (κ1) is 13.9. The zero-order valence-corrected chi connectivity index (χ0v) is 12.3. The lowest BCUT2D eigenvalue weighted by Crippen LogP contribution is -2.32. The van der Waals surface area contributed by atoms with E-state index in [1.165, 1.54) is 0 Å². The SMILES string of the molecule is CC(C)(CCO)Nc1nccc2cc3c(cc12)OCCO3. The molecule has 0 saturated carbocycles. The van der Waals surface area contributed by atoms with E-state index < -0.39 is 0 Å². The Kier molecular flexibility index (Phi) is 3.59. The average Bonchev–Trinajstić information content (AvgIpc) is 2.45. The fourth-order valence-corrected chi connectivity index (χ4v) is 2.47. The molecule has 1 aromatic carbocycles. The van der Waals surface area contributed by atoms with Gasteiger partial charge in [0.25, 0.3) is 0 Å². The second kappa shape index (κ2) is 5.41. The van der Waals surface area contributed by atoms with Gasteiger partial charge in [0.05, 0.1) is 0 Å². The van der Waals surface area contributed by atoms with Gasteiger partial charge in [0, 0.05) is 23.7 Å². The number of hydrogen-bond acceptors (Lipinski definition) is 5. The molecule has 2 aromatic rings. The van der Waals surface area contributed by atoms with Gasteiger partial charge < -0.3 is 19.9 Å². The molecule has 0 spiro atoms. The molecule has 1 aromatic heterocycles. The molecule has 3 rings (SSSR count). The van der Waals surface area contributed by atoms with Crippen LogP contribution in [0.2, 0.25) is 0 Å². The van der Waals surface area contributed by atoms with Crippen molar-refractivity contribution >= 4 is 16.6 Å². The largest absolute Gasteiger partial charge is 0.486 e. The van der Waals surface area contributed by atoms with Crippen LogP contribution in [-0.4, -0.2) is 35.5 Å². The number of hydrogen-bond donors (Lipinski definition) is 2. The van der Waals surface area contributed by atoms with Crippen molar-refractivity contribution in [1.82, 2.24) is 4.98 Å². The standard InChI is InChI=1S/C16H20N2O3/c1-16(2,4-6-19)18-15-12-10-14-13(20-7-8-21-14)9-11(12)3-5-17-15/h3,5,9-10,19H,4,6-8H2,1-2H3,(H,17,18). The van der Waals surface area contributed by atoms with E-state index in [-0.39, 0.29) is 12.1 Å². The first-order valence-electron chi connectivity index (χ1n) is 7.16. The number of aliphatic hydroxyl groups is 1. The zero-order chi connectivity index (χ0) is 14.9. The summed E-state index contributed by atoms with van der Waals surface area (Å²) >= 11 is 0. The Morgan fingerprint density at radius 3 is 2.67 bits per heavy atom. The fourth-order valence-electron chi connectivity index (χ4n) is 2.47. The van der Waals surface area contributed by atoms with Crippen LogP contribution in [0, 0.1) is 0 Å². The highest BCUT2D eigenvalue weighted by atomic mass is 16.6. The summed E-state index contributed by atoms with van der Waals surface area (Å²) in [7, 11) is 0. The summed E-state index contributed by atoms with van der Waals surface area (Å²) in [4.78, 5) is 4.43. The van der Waals surface area contributed by atoms with Gasteiger partial charge in [-0.05, 0) is 43.9 Å². The van der Waals surface area contributed by atoms with Crippen LogP contribution in [0.3, 0.4) is 0 Å². The van der Waals surface area contributed by atoms with Gasteiger partial charge in [-0.1, -0.05) is 0 Å². The smallest absolute Gasteiger partial charge is 0.162 e. The molecule has 2 N–H and O–H groups in total. The molecule has 0 amide bonds. The lowest BCUT2D eigenvalue weighted by atomic mass is 10.0. The van der Waals surface area contributed by atoms with E-state index in [4.69, 9.17) is 14.6 Å². The van der Waals surface area contributed by atoms with Crippen molar-refractivity contribution in [1.29, 1.82) is 0 Å². The van der Waals surface area contributed by atoms with Gasteiger partial charge in [-0.3, -0.25) is 0 Å². The fraction of sp³-hybridized carbons (Fsp3) is 0.438. The number of anilines is 1. The number of nitrogens with one attached hydrogen (secondary N) is 1. The highest BCUT2D eigenvalue weighted by Crippen LogP contribution is 2.37. The summed E-state index contributed by atoms with van der Waals surface area (Å²) in [6.45, 7) is 5.37. The third-order valence-electron chi connectivity index (χ3n) is 3.62. The number of aromatic nitrogens is 1. The monoisotopic (exact) mass is 288 g/mol. The summed E-state index contributed by atoms with van der Waals surface area (Å²) < 4.78 is 11.3. The molecule has 0 radical (unpaired) electrons. The van der Waals surface area contributed by atoms with Gasteiger partial charge in [0.1, 0.15) is 19.0 Å². The summed E-state index contributed by atoms with van der Waals surface area (Å²) in [5.41, 5.74) is -0.233. The van der Waals surface area contributed by atoms with Crippen LogP contribution >= 0.6 is 0 Å². The number of ether oxygens (including phenoxy) is 2. The van der Waals surface area contributed by atoms with E-state index >= 15 is 0 Å². The van der Waals surface area contributed by atoms with Gasteiger partial charge in [-0.15, -0.1) is 0 Å². The number of nitrogens with zero attached hydrogens (tertiary/aromatic N) is 1. The lowest BCUT2D eigenvalue weighted by molar-refractivity contribution is 0.172. The number of benzene rings is 1. The van der Waals surface area contributed by atoms with Gasteiger partial charge in [-0.25, -0.2) is 4.98 Å². The Balaban J connectivity index is 2.03. The van der Waals surface area contributed by atoms with E-state index in [0.717, 1.165) is 28.1 Å². The maximum absolute atomic E-state index is 9.15. The molecular weight excluding hydrogens is 268 g/mol. The first-order valence-corrected chi connectivity index (χ1v) is 7.16. The number of aliphatic hydroxyl groups excluding tert-OH is 1. The maximum Gasteiger partial charge on any atom is 0.162 e. The van der Waals surface area contributed by atoms with Crippen LogP contribution in [0.4, 0.5) is 5.82 Å². The van der Waals surface area contributed by atoms with Crippen LogP contribution in [0.5, 0.6) is 11.5 Å². The van der Waals surface area contributed by atoms with Crippen LogP contribution < -0.4 is 14.8 Å². The van der Waals surface area contributed by atoms with Gasteiger partial charge >= 0.3 is 0 Å². The van der Waals surface area contributed by atoms with Gasteiger partial charge in [0.15, 0.2) is 11.5 Å². The van der Waals surface area contributed by atoms with E-state index in [1.54, 1.807) is 6.20 Å². The van der Waals surface area contributed by atoms with Crippen molar-refractivity contribution in [2.75, 3.05) is 25.1 Å². The normalized spacial score (nSPS) is 14.2. The summed E-state index contributed by atoms with van der Waals surface area (Å²) in [6.07, 6.45) is 2.42. The zero-order valence-electron chi connectivity index (χ0n) is 12.3. The predicted molar refractivity (Wildman–Crippen MR) is 82.1 cm³/mol. The Labute approximate surface area is 123 Å². The number of fused-ring (bicyclic) bond motifs is 2. The molecule has 0 aliphatic carbocycles. The third kappa shape index (κ3) is 2.88. The lowest BCUT2D eigenvalue weighted by Gasteiger charge is -2.27. The van der Waals surface area contributed by atoms with E-state index in [0.29, 0.717) is 19.6 Å². The number of pyridine rings is 1. The first-order chi connectivity index (χ1) is 10.1. The number of rotatable bonds is 4. The minimum atomic E-state index is -0.233. The second-order valence-corrected chi connectivity index (χ2v) is 5.86. The molecular formula is C16H20N2O3. The van der Waals surface area contributed by atoms with Gasteiger partial charge in [0.2, 0.25) is 0 Å². The highest BCUT2D eigenvalue weighted by molar-refractivity contribution is 5.94. The minimum absolute atomic E-state index is 0.136. The van der Waals surface area contributed by atoms with E-state index in [9.17, 15) is 0 Å². The molecule has 0 fully saturated rings. The Hall–Kier alpha value is -2.01. The molecule has 2 heterocycles. The second-order valence-electron chi connectivity index (χ2n) is 5.86. The highest BCUT2D eigenvalue weighted by Gasteiger charge is 2.20. The Morgan fingerprint density at radius 2 is 1.95 bits per heavy atom. The van der Waals surface area contributed by atoms with Crippen molar-refractivity contribution in [3.05, 3.63) is 24.4 Å². The van der Waals surface area contributed by atoms with Crippen LogP contribution in [0.15, 0.2) is 24.4 Å². The third-order valence-corrected chi connectivity index (χ3v) is 3.62. The van der Waals surface area contributed by atoms with Gasteiger partial charge in [-0.2, -0.15) is 0 Å². The minimum Gasteiger partial charge on any atom is -0.486 e. The van der Waals surface area contributed by atoms with Crippen LogP contribution in [0.1, 0.15) is 20.3 Å². The summed E-state index contributed by atoms with van der Waals surface area (Å²) in [6, 6.07) is 5.90. The molecule has 5 nitrogen and oxygen atoms in total. The molecule has 0 bridgehead atoms. The molecule has 5 heteroatoms. The topological polar surface area (TPSA) is 63.6 Å². The van der Waals surface area contributed by atoms with Crippen molar-refractivity contribution in [2.24, 2.45) is 0 Å². The average molecular weight is 288 g/mol. The van der Waals surface area contributed by atoms with Crippen molar-refractivity contribution in [3.8, 4) is 11.5 Å². The van der Waals surface area contributed by atoms with Crippen molar-refractivity contribution in [2.45, 2.75) is 25.8 Å². The van der Waals surface area contributed by atoms with Crippen LogP contribution in [-0.2, 0) is 0 Å². The molecule has 21 heavy (non-hydrogen) atoms.